The molecule has 1 aromatic carbocycles. The Balaban J connectivity index is 2.73. The van der Waals surface area contributed by atoms with Crippen LogP contribution in [0.3, 0.4) is 0 Å². The molecule has 0 saturated heterocycles. The predicted octanol–water partition coefficient (Wildman–Crippen LogP) is 3.35. The lowest BCUT2D eigenvalue weighted by Crippen LogP contribution is -2.20. The van der Waals surface area contributed by atoms with Crippen LogP contribution < -0.4 is 0 Å². The minimum Gasteiger partial charge on any atom is -0.385 e. The summed E-state index contributed by atoms with van der Waals surface area (Å²) in [5, 5.41) is 10.9. The van der Waals surface area contributed by atoms with Crippen molar-refractivity contribution in [1.82, 2.24) is 0 Å². The van der Waals surface area contributed by atoms with Gasteiger partial charge in [-0.05, 0) is 37.5 Å². The molecule has 0 aromatic heterocycles. The number of unbranched alkanes of at least 4 members (excludes halogenated alkanes) is 1. The molecule has 1 atom stereocenters. The monoisotopic (exact) mass is 222 g/mol. The van der Waals surface area contributed by atoms with Gasteiger partial charge in [0.15, 0.2) is 0 Å². The van der Waals surface area contributed by atoms with E-state index in [9.17, 15) is 5.11 Å². The molecule has 1 aromatic rings. The smallest absolute Gasteiger partial charge is 0.0869 e. The SMILES string of the molecule is C#CCCCC(C)(O)c1cccc(Cl)c1. The Morgan fingerprint density at radius 1 is 1.53 bits per heavy atom. The van der Waals surface area contributed by atoms with E-state index in [2.05, 4.69) is 5.92 Å². The number of terminal acetylenes is 1. The van der Waals surface area contributed by atoms with Gasteiger partial charge in [0.05, 0.1) is 5.60 Å². The number of hydrogen-bond donors (Lipinski definition) is 1. The Kier molecular flexibility index (Phi) is 4.20. The van der Waals surface area contributed by atoms with Crippen LogP contribution in [-0.4, -0.2) is 5.11 Å². The molecule has 0 aliphatic carbocycles. The van der Waals surface area contributed by atoms with Crippen LogP contribution in [0.4, 0.5) is 0 Å². The Hall–Kier alpha value is -0.970. The fourth-order valence-electron chi connectivity index (χ4n) is 1.50. The van der Waals surface area contributed by atoms with Gasteiger partial charge in [-0.1, -0.05) is 23.7 Å². The normalized spacial score (nSPS) is 14.3. The van der Waals surface area contributed by atoms with Gasteiger partial charge >= 0.3 is 0 Å². The van der Waals surface area contributed by atoms with Crippen molar-refractivity contribution in [3.05, 3.63) is 34.9 Å². The molecule has 0 saturated carbocycles. The minimum atomic E-state index is -0.845. The van der Waals surface area contributed by atoms with Crippen molar-refractivity contribution in [2.24, 2.45) is 0 Å². The summed E-state index contributed by atoms with van der Waals surface area (Å²) in [6.45, 7) is 1.79. The molecule has 0 aliphatic heterocycles. The van der Waals surface area contributed by atoms with E-state index in [0.29, 0.717) is 17.9 Å². The Morgan fingerprint density at radius 2 is 2.27 bits per heavy atom. The maximum Gasteiger partial charge on any atom is 0.0869 e. The van der Waals surface area contributed by atoms with Crippen LogP contribution in [0.15, 0.2) is 24.3 Å². The molecule has 0 spiro atoms. The van der Waals surface area contributed by atoms with Crippen LogP contribution >= 0.6 is 11.6 Å². The highest BCUT2D eigenvalue weighted by atomic mass is 35.5. The zero-order chi connectivity index (χ0) is 11.3. The molecule has 0 bridgehead atoms. The molecule has 1 unspecified atom stereocenters. The van der Waals surface area contributed by atoms with Crippen molar-refractivity contribution in [2.45, 2.75) is 31.8 Å². The van der Waals surface area contributed by atoms with Crippen molar-refractivity contribution >= 4 is 11.6 Å². The first-order chi connectivity index (χ1) is 7.06. The van der Waals surface area contributed by atoms with E-state index in [1.807, 2.05) is 12.1 Å². The number of benzene rings is 1. The Labute approximate surface area is 96.1 Å². The Morgan fingerprint density at radius 3 is 2.87 bits per heavy atom. The summed E-state index contributed by atoms with van der Waals surface area (Å²) in [5.41, 5.74) is -0.00565. The number of hydrogen-bond acceptors (Lipinski definition) is 1. The summed E-state index contributed by atoms with van der Waals surface area (Å²) in [6.07, 6.45) is 7.32. The summed E-state index contributed by atoms with van der Waals surface area (Å²) in [5.74, 6) is 2.57. The van der Waals surface area contributed by atoms with Gasteiger partial charge in [-0.2, -0.15) is 0 Å². The quantitative estimate of drug-likeness (QED) is 0.612. The molecule has 0 heterocycles. The van der Waals surface area contributed by atoms with Crippen LogP contribution in [0.1, 0.15) is 31.7 Å². The second-order valence-corrected chi connectivity index (χ2v) is 4.28. The topological polar surface area (TPSA) is 20.2 Å². The Bertz CT molecular complexity index is 363. The van der Waals surface area contributed by atoms with E-state index in [0.717, 1.165) is 12.0 Å². The van der Waals surface area contributed by atoms with Crippen molar-refractivity contribution in [2.75, 3.05) is 0 Å². The largest absolute Gasteiger partial charge is 0.385 e. The lowest BCUT2D eigenvalue weighted by atomic mass is 9.91. The molecule has 0 radical (unpaired) electrons. The number of aliphatic hydroxyl groups is 1. The molecule has 0 fully saturated rings. The lowest BCUT2D eigenvalue weighted by molar-refractivity contribution is 0.0460. The summed E-state index contributed by atoms with van der Waals surface area (Å²) < 4.78 is 0. The fraction of sp³-hybridized carbons (Fsp3) is 0.385. The molecular formula is C13H15ClO. The average Bonchev–Trinajstić information content (AvgIpc) is 2.18. The summed E-state index contributed by atoms with van der Waals surface area (Å²) >= 11 is 5.87. The van der Waals surface area contributed by atoms with Crippen molar-refractivity contribution < 1.29 is 5.11 Å². The van der Waals surface area contributed by atoms with E-state index in [4.69, 9.17) is 18.0 Å². The summed E-state index contributed by atoms with van der Waals surface area (Å²) in [6, 6.07) is 7.30. The summed E-state index contributed by atoms with van der Waals surface area (Å²) in [4.78, 5) is 0. The second kappa shape index (κ2) is 5.21. The van der Waals surface area contributed by atoms with Gasteiger partial charge in [0.1, 0.15) is 0 Å². The van der Waals surface area contributed by atoms with Crippen LogP contribution in [0.2, 0.25) is 5.02 Å². The second-order valence-electron chi connectivity index (χ2n) is 3.84. The van der Waals surface area contributed by atoms with Crippen LogP contribution in [0, 0.1) is 12.3 Å². The van der Waals surface area contributed by atoms with Crippen LogP contribution in [0.25, 0.3) is 0 Å². The van der Waals surface area contributed by atoms with Crippen molar-refractivity contribution in [3.63, 3.8) is 0 Å². The molecule has 15 heavy (non-hydrogen) atoms. The third-order valence-electron chi connectivity index (χ3n) is 2.43. The fourth-order valence-corrected chi connectivity index (χ4v) is 1.69. The molecular weight excluding hydrogens is 208 g/mol. The maximum absolute atomic E-state index is 10.2. The van der Waals surface area contributed by atoms with Gasteiger partial charge in [0.25, 0.3) is 0 Å². The van der Waals surface area contributed by atoms with E-state index in [1.54, 1.807) is 19.1 Å². The van der Waals surface area contributed by atoms with Gasteiger partial charge in [0.2, 0.25) is 0 Å². The van der Waals surface area contributed by atoms with Gasteiger partial charge in [0, 0.05) is 11.4 Å². The van der Waals surface area contributed by atoms with Gasteiger partial charge < -0.3 is 5.11 Å². The van der Waals surface area contributed by atoms with Gasteiger partial charge in [-0.3, -0.25) is 0 Å². The van der Waals surface area contributed by atoms with E-state index >= 15 is 0 Å². The molecule has 0 amide bonds. The molecule has 2 heteroatoms. The van der Waals surface area contributed by atoms with Gasteiger partial charge in [-0.25, -0.2) is 0 Å². The molecule has 1 nitrogen and oxygen atoms in total. The third kappa shape index (κ3) is 3.58. The highest BCUT2D eigenvalue weighted by Gasteiger charge is 2.22. The first kappa shape index (κ1) is 12.1. The highest BCUT2D eigenvalue weighted by molar-refractivity contribution is 6.30. The number of rotatable bonds is 4. The summed E-state index contributed by atoms with van der Waals surface area (Å²) in [7, 11) is 0. The van der Waals surface area contributed by atoms with Crippen molar-refractivity contribution in [1.29, 1.82) is 0 Å². The first-order valence-corrected chi connectivity index (χ1v) is 5.36. The van der Waals surface area contributed by atoms with E-state index in [-0.39, 0.29) is 0 Å². The van der Waals surface area contributed by atoms with Crippen LogP contribution in [-0.2, 0) is 5.60 Å². The van der Waals surface area contributed by atoms with E-state index in [1.165, 1.54) is 0 Å². The predicted molar refractivity (Wildman–Crippen MR) is 63.7 cm³/mol. The van der Waals surface area contributed by atoms with E-state index < -0.39 is 5.60 Å². The zero-order valence-corrected chi connectivity index (χ0v) is 9.59. The molecule has 80 valence electrons. The first-order valence-electron chi connectivity index (χ1n) is 4.98. The minimum absolute atomic E-state index is 0.643. The highest BCUT2D eigenvalue weighted by Crippen LogP contribution is 2.28. The third-order valence-corrected chi connectivity index (χ3v) is 2.67. The van der Waals surface area contributed by atoms with Gasteiger partial charge in [-0.15, -0.1) is 12.3 Å². The molecule has 1 N–H and O–H groups in total. The van der Waals surface area contributed by atoms with Crippen LogP contribution in [0.5, 0.6) is 0 Å². The average molecular weight is 223 g/mol. The zero-order valence-electron chi connectivity index (χ0n) is 8.83. The standard InChI is InChI=1S/C13H15ClO/c1-3-4-5-9-13(2,15)11-7-6-8-12(14)10-11/h1,6-8,10,15H,4-5,9H2,2H3. The molecule has 0 aliphatic rings. The maximum atomic E-state index is 10.2. The molecule has 1 rings (SSSR count). The van der Waals surface area contributed by atoms with Crippen molar-refractivity contribution in [3.8, 4) is 12.3 Å². The lowest BCUT2D eigenvalue weighted by Gasteiger charge is -2.23. The number of halogens is 1.